The number of rotatable bonds is 4. The van der Waals surface area contributed by atoms with Crippen LogP contribution in [0.1, 0.15) is 45.4 Å². The second-order valence-corrected chi connectivity index (χ2v) is 7.42. The van der Waals surface area contributed by atoms with Crippen molar-refractivity contribution in [2.45, 2.75) is 50.7 Å². The van der Waals surface area contributed by atoms with Crippen molar-refractivity contribution in [1.82, 2.24) is 5.32 Å². The van der Waals surface area contributed by atoms with E-state index in [2.05, 4.69) is 12.2 Å². The van der Waals surface area contributed by atoms with Gasteiger partial charge in [-0.25, -0.2) is 0 Å². The molecule has 1 saturated heterocycles. The number of carbonyl (C=O) groups is 1. The average Bonchev–Trinajstić information content (AvgIpc) is 2.90. The predicted octanol–water partition coefficient (Wildman–Crippen LogP) is 2.15. The Morgan fingerprint density at radius 1 is 1.39 bits per heavy atom. The molecule has 0 aromatic heterocycles. The molecular weight excluding hydrogens is 244 g/mol. The van der Waals surface area contributed by atoms with Crippen molar-refractivity contribution < 1.29 is 4.79 Å². The standard InChI is InChI=1S/C14H26N2OS/c1-11-4-6-14(10-15,7-5-11)13(17)16-9-12-3-2-8-18-12/h11-12H,2-10,15H2,1H3,(H,16,17). The fraction of sp³-hybridized carbons (Fsp3) is 0.929. The van der Waals surface area contributed by atoms with Crippen LogP contribution in [0.4, 0.5) is 0 Å². The molecular formula is C14H26N2OS. The third kappa shape index (κ3) is 3.21. The monoisotopic (exact) mass is 270 g/mol. The minimum absolute atomic E-state index is 0.212. The molecule has 3 N–H and O–H groups in total. The molecule has 2 rings (SSSR count). The summed E-state index contributed by atoms with van der Waals surface area (Å²) >= 11 is 1.99. The van der Waals surface area contributed by atoms with Gasteiger partial charge < -0.3 is 11.1 Å². The zero-order valence-electron chi connectivity index (χ0n) is 11.4. The summed E-state index contributed by atoms with van der Waals surface area (Å²) in [6.07, 6.45) is 6.76. The number of carbonyl (C=O) groups excluding carboxylic acids is 1. The van der Waals surface area contributed by atoms with Gasteiger partial charge in [0.05, 0.1) is 5.41 Å². The number of hydrogen-bond donors (Lipinski definition) is 2. The van der Waals surface area contributed by atoms with Crippen molar-refractivity contribution >= 4 is 17.7 Å². The Morgan fingerprint density at radius 2 is 2.11 bits per heavy atom. The lowest BCUT2D eigenvalue weighted by molar-refractivity contribution is -0.132. The van der Waals surface area contributed by atoms with Gasteiger partial charge in [-0.2, -0.15) is 11.8 Å². The van der Waals surface area contributed by atoms with Crippen molar-refractivity contribution in [3.63, 3.8) is 0 Å². The molecule has 0 bridgehead atoms. The third-order valence-electron chi connectivity index (χ3n) is 4.62. The van der Waals surface area contributed by atoms with Crippen molar-refractivity contribution in [3.8, 4) is 0 Å². The van der Waals surface area contributed by atoms with Gasteiger partial charge in [-0.1, -0.05) is 6.92 Å². The smallest absolute Gasteiger partial charge is 0.227 e. The first kappa shape index (κ1) is 14.2. The van der Waals surface area contributed by atoms with Gasteiger partial charge in [-0.05, 0) is 50.2 Å². The lowest BCUT2D eigenvalue weighted by Gasteiger charge is -2.37. The van der Waals surface area contributed by atoms with Crippen molar-refractivity contribution in [3.05, 3.63) is 0 Å². The van der Waals surface area contributed by atoms with E-state index in [9.17, 15) is 4.79 Å². The number of amides is 1. The van der Waals surface area contributed by atoms with E-state index in [-0.39, 0.29) is 11.3 Å². The molecule has 0 radical (unpaired) electrons. The normalized spacial score (nSPS) is 36.6. The van der Waals surface area contributed by atoms with Crippen LogP contribution < -0.4 is 11.1 Å². The maximum Gasteiger partial charge on any atom is 0.227 e. The van der Waals surface area contributed by atoms with Crippen LogP contribution in [0.15, 0.2) is 0 Å². The highest BCUT2D eigenvalue weighted by molar-refractivity contribution is 8.00. The minimum atomic E-state index is -0.268. The summed E-state index contributed by atoms with van der Waals surface area (Å²) in [5.41, 5.74) is 5.63. The molecule has 0 aromatic carbocycles. The zero-order valence-corrected chi connectivity index (χ0v) is 12.2. The van der Waals surface area contributed by atoms with E-state index in [1.165, 1.54) is 18.6 Å². The van der Waals surface area contributed by atoms with E-state index in [0.29, 0.717) is 11.8 Å². The molecule has 2 aliphatic rings. The zero-order chi connectivity index (χ0) is 13.0. The fourth-order valence-electron chi connectivity index (χ4n) is 3.04. The highest BCUT2D eigenvalue weighted by Gasteiger charge is 2.39. The summed E-state index contributed by atoms with van der Waals surface area (Å²) < 4.78 is 0. The Labute approximate surface area is 115 Å². The van der Waals surface area contributed by atoms with Crippen molar-refractivity contribution in [1.29, 1.82) is 0 Å². The van der Waals surface area contributed by atoms with Gasteiger partial charge in [0.2, 0.25) is 5.91 Å². The number of thioether (sulfide) groups is 1. The fourth-order valence-corrected chi connectivity index (χ4v) is 4.24. The van der Waals surface area contributed by atoms with Gasteiger partial charge in [0.25, 0.3) is 0 Å². The summed E-state index contributed by atoms with van der Waals surface area (Å²) in [5.74, 6) is 2.22. The van der Waals surface area contributed by atoms with Crippen LogP contribution in [-0.4, -0.2) is 30.0 Å². The molecule has 1 saturated carbocycles. The van der Waals surface area contributed by atoms with E-state index < -0.39 is 0 Å². The number of nitrogens with two attached hydrogens (primary N) is 1. The van der Waals surface area contributed by atoms with E-state index in [1.807, 2.05) is 11.8 Å². The first-order valence-electron chi connectivity index (χ1n) is 7.26. The summed E-state index contributed by atoms with van der Waals surface area (Å²) in [7, 11) is 0. The molecule has 1 atom stereocenters. The van der Waals surface area contributed by atoms with Crippen molar-refractivity contribution in [2.75, 3.05) is 18.8 Å². The third-order valence-corrected chi connectivity index (χ3v) is 6.02. The van der Waals surface area contributed by atoms with Crippen LogP contribution in [0, 0.1) is 11.3 Å². The summed E-state index contributed by atoms with van der Waals surface area (Å²) in [6, 6.07) is 0. The molecule has 104 valence electrons. The molecule has 1 heterocycles. The SMILES string of the molecule is CC1CCC(CN)(C(=O)NCC2CCCS2)CC1. The van der Waals surface area contributed by atoms with E-state index in [1.54, 1.807) is 0 Å². The lowest BCUT2D eigenvalue weighted by atomic mass is 9.70. The quantitative estimate of drug-likeness (QED) is 0.823. The van der Waals surface area contributed by atoms with Crippen LogP contribution in [0.3, 0.4) is 0 Å². The summed E-state index contributed by atoms with van der Waals surface area (Å²) in [5, 5.41) is 3.79. The average molecular weight is 270 g/mol. The van der Waals surface area contributed by atoms with Crippen LogP contribution >= 0.6 is 11.8 Å². The van der Waals surface area contributed by atoms with Crippen molar-refractivity contribution in [2.24, 2.45) is 17.1 Å². The Balaban J connectivity index is 1.84. The van der Waals surface area contributed by atoms with Gasteiger partial charge in [0.1, 0.15) is 0 Å². The Hall–Kier alpha value is -0.220. The van der Waals surface area contributed by atoms with Gasteiger partial charge in [0.15, 0.2) is 0 Å². The molecule has 1 amide bonds. The summed E-state index contributed by atoms with van der Waals surface area (Å²) in [6.45, 7) is 3.61. The van der Waals surface area contributed by atoms with Gasteiger partial charge in [-0.3, -0.25) is 4.79 Å². The molecule has 18 heavy (non-hydrogen) atoms. The highest BCUT2D eigenvalue weighted by Crippen LogP contribution is 2.38. The Kier molecular flexibility index (Phi) is 4.96. The van der Waals surface area contributed by atoms with E-state index in [0.717, 1.165) is 38.1 Å². The maximum atomic E-state index is 12.4. The molecule has 1 aliphatic carbocycles. The molecule has 4 heteroatoms. The molecule has 2 fully saturated rings. The first-order chi connectivity index (χ1) is 8.66. The Morgan fingerprint density at radius 3 is 2.67 bits per heavy atom. The number of hydrogen-bond acceptors (Lipinski definition) is 3. The second kappa shape index (κ2) is 6.29. The van der Waals surface area contributed by atoms with Crippen LogP contribution in [0.5, 0.6) is 0 Å². The van der Waals surface area contributed by atoms with Crippen LogP contribution in [0.25, 0.3) is 0 Å². The van der Waals surface area contributed by atoms with E-state index in [4.69, 9.17) is 5.73 Å². The molecule has 3 nitrogen and oxygen atoms in total. The van der Waals surface area contributed by atoms with Gasteiger partial charge in [0, 0.05) is 18.3 Å². The maximum absolute atomic E-state index is 12.4. The first-order valence-corrected chi connectivity index (χ1v) is 8.31. The van der Waals surface area contributed by atoms with Crippen LogP contribution in [0.2, 0.25) is 0 Å². The Bertz CT molecular complexity index is 282. The number of nitrogens with one attached hydrogen (secondary N) is 1. The lowest BCUT2D eigenvalue weighted by Crippen LogP contribution is -2.49. The predicted molar refractivity (Wildman–Crippen MR) is 77.6 cm³/mol. The van der Waals surface area contributed by atoms with Gasteiger partial charge >= 0.3 is 0 Å². The van der Waals surface area contributed by atoms with E-state index >= 15 is 0 Å². The topological polar surface area (TPSA) is 55.1 Å². The second-order valence-electron chi connectivity index (χ2n) is 6.01. The van der Waals surface area contributed by atoms with Crippen LogP contribution in [-0.2, 0) is 4.79 Å². The molecule has 1 aliphatic heterocycles. The molecule has 1 unspecified atom stereocenters. The summed E-state index contributed by atoms with van der Waals surface area (Å²) in [4.78, 5) is 12.4. The molecule has 0 aromatic rings. The highest BCUT2D eigenvalue weighted by atomic mass is 32.2. The molecule has 0 spiro atoms. The minimum Gasteiger partial charge on any atom is -0.354 e. The van der Waals surface area contributed by atoms with Gasteiger partial charge in [-0.15, -0.1) is 0 Å². The largest absolute Gasteiger partial charge is 0.354 e.